The zero-order valence-electron chi connectivity index (χ0n) is 13.0. The summed E-state index contributed by atoms with van der Waals surface area (Å²) in [5, 5.41) is 25.6. The number of urea groups is 1. The number of amides is 2. The summed E-state index contributed by atoms with van der Waals surface area (Å²) in [6.07, 6.45) is 3.34. The van der Waals surface area contributed by atoms with Crippen molar-refractivity contribution in [3.8, 4) is 0 Å². The molecule has 1 saturated heterocycles. The van der Waals surface area contributed by atoms with E-state index in [4.69, 9.17) is 0 Å². The number of nitrogens with one attached hydrogen (secondary N) is 3. The number of hydrogen-bond donors (Lipinski definition) is 4. The number of aromatic nitrogens is 3. The molecule has 2 amide bonds. The number of carbonyl (C=O) groups excluding carboxylic acids is 1. The second-order valence-corrected chi connectivity index (χ2v) is 5.75. The highest BCUT2D eigenvalue weighted by molar-refractivity contribution is 5.98. The highest BCUT2D eigenvalue weighted by Gasteiger charge is 2.21. The fourth-order valence-electron chi connectivity index (χ4n) is 3.01. The highest BCUT2D eigenvalue weighted by Crippen LogP contribution is 2.18. The number of H-pyrrole nitrogens is 1. The number of hydrogen-bond acceptors (Lipinski definition) is 5. The second kappa shape index (κ2) is 7.38. The van der Waals surface area contributed by atoms with E-state index >= 15 is 0 Å². The Kier molecular flexibility index (Phi) is 5.04. The number of likely N-dealkylation sites (tertiary alicyclic amines) is 1. The summed E-state index contributed by atoms with van der Waals surface area (Å²) in [6.45, 7) is 2.44. The van der Waals surface area contributed by atoms with Crippen molar-refractivity contribution in [2.45, 2.75) is 25.3 Å². The molecule has 8 nitrogen and oxygen atoms in total. The Morgan fingerprint density at radius 1 is 1.39 bits per heavy atom. The van der Waals surface area contributed by atoms with Gasteiger partial charge in [-0.2, -0.15) is 15.4 Å². The van der Waals surface area contributed by atoms with Crippen molar-refractivity contribution in [3.05, 3.63) is 18.2 Å². The first kappa shape index (κ1) is 15.7. The number of anilines is 1. The molecule has 0 spiro atoms. The van der Waals surface area contributed by atoms with Gasteiger partial charge < -0.3 is 15.7 Å². The molecule has 0 bridgehead atoms. The van der Waals surface area contributed by atoms with Crippen LogP contribution in [0.15, 0.2) is 18.2 Å². The molecule has 1 atom stereocenters. The molecule has 1 aliphatic heterocycles. The van der Waals surface area contributed by atoms with Crippen molar-refractivity contribution in [1.29, 1.82) is 0 Å². The molecule has 0 aliphatic carbocycles. The number of aliphatic hydroxyl groups is 1. The molecule has 1 aromatic carbocycles. The molecular formula is C15H22N6O2. The van der Waals surface area contributed by atoms with E-state index in [-0.39, 0.29) is 18.7 Å². The van der Waals surface area contributed by atoms with Crippen LogP contribution in [0.3, 0.4) is 0 Å². The average molecular weight is 318 g/mol. The molecule has 124 valence electrons. The van der Waals surface area contributed by atoms with Crippen molar-refractivity contribution in [1.82, 2.24) is 25.6 Å². The molecule has 2 heterocycles. The number of fused-ring (bicyclic) bond motifs is 1. The van der Waals surface area contributed by atoms with Gasteiger partial charge in [-0.1, -0.05) is 12.5 Å². The van der Waals surface area contributed by atoms with Crippen molar-refractivity contribution in [2.24, 2.45) is 0 Å². The van der Waals surface area contributed by atoms with Gasteiger partial charge in [0.25, 0.3) is 0 Å². The van der Waals surface area contributed by atoms with Crippen LogP contribution in [0.25, 0.3) is 11.0 Å². The lowest BCUT2D eigenvalue weighted by molar-refractivity contribution is 0.0917. The average Bonchev–Trinajstić information content (AvgIpc) is 3.05. The van der Waals surface area contributed by atoms with E-state index in [1.54, 1.807) is 6.07 Å². The van der Waals surface area contributed by atoms with Crippen LogP contribution in [0.5, 0.6) is 0 Å². The number of aliphatic hydroxyl groups excluding tert-OH is 1. The quantitative estimate of drug-likeness (QED) is 0.656. The Morgan fingerprint density at radius 2 is 2.30 bits per heavy atom. The van der Waals surface area contributed by atoms with Crippen LogP contribution in [0.2, 0.25) is 0 Å². The summed E-state index contributed by atoms with van der Waals surface area (Å²) in [6, 6.07) is 5.39. The molecule has 2 aromatic rings. The normalized spacial score (nSPS) is 18.9. The van der Waals surface area contributed by atoms with Gasteiger partial charge in [0.15, 0.2) is 0 Å². The monoisotopic (exact) mass is 318 g/mol. The standard InChI is InChI=1S/C15H22N6O2/c22-10-11-4-1-2-8-21(11)9-7-16-15(23)17-12-5-3-6-13-14(12)19-20-18-13/h3,5-6,11,22H,1-2,4,7-10H2,(H2,16,17,23)(H,18,19,20). The molecule has 4 N–H and O–H groups in total. The maximum absolute atomic E-state index is 12.0. The van der Waals surface area contributed by atoms with E-state index in [1.807, 2.05) is 12.1 Å². The van der Waals surface area contributed by atoms with E-state index in [1.165, 1.54) is 0 Å². The Hall–Kier alpha value is -2.19. The van der Waals surface area contributed by atoms with E-state index in [0.29, 0.717) is 23.3 Å². The Bertz CT molecular complexity index is 658. The molecule has 3 rings (SSSR count). The van der Waals surface area contributed by atoms with Crippen LogP contribution < -0.4 is 10.6 Å². The smallest absolute Gasteiger partial charge is 0.319 e. The SMILES string of the molecule is O=C(NCCN1CCCCC1CO)Nc1cccc2n[nH]nc12. The minimum Gasteiger partial charge on any atom is -0.395 e. The number of aromatic amines is 1. The number of rotatable bonds is 5. The van der Waals surface area contributed by atoms with Gasteiger partial charge in [0.1, 0.15) is 11.0 Å². The number of benzene rings is 1. The molecule has 1 aliphatic rings. The molecule has 1 unspecified atom stereocenters. The van der Waals surface area contributed by atoms with Gasteiger partial charge in [0.05, 0.1) is 12.3 Å². The van der Waals surface area contributed by atoms with Crippen LogP contribution in [0, 0.1) is 0 Å². The first-order valence-corrected chi connectivity index (χ1v) is 7.97. The fourth-order valence-corrected chi connectivity index (χ4v) is 3.01. The molecular weight excluding hydrogens is 296 g/mol. The lowest BCUT2D eigenvalue weighted by Gasteiger charge is -2.34. The number of para-hydroxylation sites is 1. The summed E-state index contributed by atoms with van der Waals surface area (Å²) < 4.78 is 0. The molecule has 23 heavy (non-hydrogen) atoms. The van der Waals surface area contributed by atoms with Crippen molar-refractivity contribution in [3.63, 3.8) is 0 Å². The van der Waals surface area contributed by atoms with E-state index in [9.17, 15) is 9.90 Å². The van der Waals surface area contributed by atoms with Gasteiger partial charge in [0.2, 0.25) is 0 Å². The summed E-state index contributed by atoms with van der Waals surface area (Å²) in [5.74, 6) is 0. The molecule has 8 heteroatoms. The van der Waals surface area contributed by atoms with Crippen LogP contribution in [0.4, 0.5) is 10.5 Å². The lowest BCUT2D eigenvalue weighted by atomic mass is 10.0. The molecule has 1 fully saturated rings. The predicted octanol–water partition coefficient (Wildman–Crippen LogP) is 0.926. The lowest BCUT2D eigenvalue weighted by Crippen LogP contribution is -2.46. The van der Waals surface area contributed by atoms with Crippen LogP contribution >= 0.6 is 0 Å². The number of carbonyl (C=O) groups is 1. The summed E-state index contributed by atoms with van der Waals surface area (Å²) >= 11 is 0. The zero-order chi connectivity index (χ0) is 16.1. The van der Waals surface area contributed by atoms with E-state index in [0.717, 1.165) is 32.4 Å². The first-order chi connectivity index (χ1) is 11.3. The predicted molar refractivity (Wildman–Crippen MR) is 87.2 cm³/mol. The Labute approximate surface area is 134 Å². The minimum absolute atomic E-state index is 0.181. The van der Waals surface area contributed by atoms with E-state index in [2.05, 4.69) is 30.9 Å². The van der Waals surface area contributed by atoms with Gasteiger partial charge in [-0.15, -0.1) is 0 Å². The van der Waals surface area contributed by atoms with Gasteiger partial charge in [-0.3, -0.25) is 4.90 Å². The molecule has 1 aromatic heterocycles. The van der Waals surface area contributed by atoms with Gasteiger partial charge in [0, 0.05) is 19.1 Å². The van der Waals surface area contributed by atoms with Gasteiger partial charge in [-0.25, -0.2) is 4.79 Å². The Morgan fingerprint density at radius 3 is 3.17 bits per heavy atom. The minimum atomic E-state index is -0.266. The fraction of sp³-hybridized carbons (Fsp3) is 0.533. The van der Waals surface area contributed by atoms with Gasteiger partial charge in [-0.05, 0) is 31.5 Å². The van der Waals surface area contributed by atoms with E-state index < -0.39 is 0 Å². The topological polar surface area (TPSA) is 106 Å². The third-order valence-electron chi connectivity index (χ3n) is 4.24. The first-order valence-electron chi connectivity index (χ1n) is 7.97. The molecule has 0 radical (unpaired) electrons. The maximum atomic E-state index is 12.0. The summed E-state index contributed by atoms with van der Waals surface area (Å²) in [7, 11) is 0. The van der Waals surface area contributed by atoms with Crippen molar-refractivity contribution >= 4 is 22.8 Å². The summed E-state index contributed by atoms with van der Waals surface area (Å²) in [4.78, 5) is 14.3. The largest absolute Gasteiger partial charge is 0.395 e. The summed E-state index contributed by atoms with van der Waals surface area (Å²) in [5.41, 5.74) is 1.97. The number of piperidine rings is 1. The van der Waals surface area contributed by atoms with Crippen LogP contribution in [0.1, 0.15) is 19.3 Å². The van der Waals surface area contributed by atoms with Crippen molar-refractivity contribution < 1.29 is 9.90 Å². The highest BCUT2D eigenvalue weighted by atomic mass is 16.3. The van der Waals surface area contributed by atoms with Crippen molar-refractivity contribution in [2.75, 3.05) is 31.6 Å². The maximum Gasteiger partial charge on any atom is 0.319 e. The second-order valence-electron chi connectivity index (χ2n) is 5.75. The van der Waals surface area contributed by atoms with Crippen LogP contribution in [-0.2, 0) is 0 Å². The Balaban J connectivity index is 1.49. The van der Waals surface area contributed by atoms with Gasteiger partial charge >= 0.3 is 6.03 Å². The number of nitrogens with zero attached hydrogens (tertiary/aromatic N) is 3. The zero-order valence-corrected chi connectivity index (χ0v) is 13.0. The third-order valence-corrected chi connectivity index (χ3v) is 4.24. The third kappa shape index (κ3) is 3.77. The molecule has 0 saturated carbocycles. The van der Waals surface area contributed by atoms with Crippen LogP contribution in [-0.4, -0.2) is 63.7 Å².